The smallest absolute Gasteiger partial charge is 0.00954 e. The zero-order valence-corrected chi connectivity index (χ0v) is 6.41. The second-order valence-corrected chi connectivity index (χ2v) is 3.04. The van der Waals surface area contributed by atoms with Gasteiger partial charge in [0.1, 0.15) is 0 Å². The van der Waals surface area contributed by atoms with Crippen molar-refractivity contribution < 1.29 is 0 Å². The van der Waals surface area contributed by atoms with Gasteiger partial charge < -0.3 is 5.32 Å². The standard InChI is InChI=1S/C7H13N.ClH/c1-2-6-3-4-7(6)8-5-1;/h6-8H,1-5H2;1H/t6-,7+;/m0./s1. The number of hydrogen-bond acceptors (Lipinski definition) is 1. The van der Waals surface area contributed by atoms with Gasteiger partial charge in [0, 0.05) is 6.04 Å². The Balaban J connectivity index is 0.000000405. The fourth-order valence-electron chi connectivity index (χ4n) is 1.83. The first-order valence-corrected chi connectivity index (χ1v) is 3.70. The molecule has 0 bridgehead atoms. The van der Waals surface area contributed by atoms with Gasteiger partial charge in [0.2, 0.25) is 0 Å². The first-order chi connectivity index (χ1) is 3.97. The Hall–Kier alpha value is 0.250. The molecule has 0 spiro atoms. The lowest BCUT2D eigenvalue weighted by atomic mass is 9.75. The van der Waals surface area contributed by atoms with Crippen LogP contribution in [0.15, 0.2) is 0 Å². The van der Waals surface area contributed by atoms with E-state index < -0.39 is 0 Å². The first kappa shape index (κ1) is 7.36. The van der Waals surface area contributed by atoms with Gasteiger partial charge in [0.05, 0.1) is 0 Å². The third-order valence-electron chi connectivity index (χ3n) is 2.58. The summed E-state index contributed by atoms with van der Waals surface area (Å²) in [5.41, 5.74) is 0. The Morgan fingerprint density at radius 2 is 2.00 bits per heavy atom. The summed E-state index contributed by atoms with van der Waals surface area (Å²) in [5.74, 6) is 1.07. The molecule has 2 fully saturated rings. The molecule has 1 saturated carbocycles. The maximum atomic E-state index is 3.52. The molecule has 1 heterocycles. The van der Waals surface area contributed by atoms with Gasteiger partial charge in [-0.1, -0.05) is 0 Å². The van der Waals surface area contributed by atoms with Gasteiger partial charge in [0.25, 0.3) is 0 Å². The molecule has 2 atom stereocenters. The molecule has 0 aromatic rings. The second-order valence-electron chi connectivity index (χ2n) is 3.04. The molecule has 0 radical (unpaired) electrons. The molecule has 2 rings (SSSR count). The molecule has 9 heavy (non-hydrogen) atoms. The fourth-order valence-corrected chi connectivity index (χ4v) is 1.83. The lowest BCUT2D eigenvalue weighted by Gasteiger charge is -2.41. The van der Waals surface area contributed by atoms with Crippen molar-refractivity contribution in [1.29, 1.82) is 0 Å². The van der Waals surface area contributed by atoms with E-state index in [0.717, 1.165) is 12.0 Å². The van der Waals surface area contributed by atoms with Crippen molar-refractivity contribution in [3.63, 3.8) is 0 Å². The molecule has 0 aromatic carbocycles. The fraction of sp³-hybridized carbons (Fsp3) is 1.00. The molecule has 1 nitrogen and oxygen atoms in total. The highest BCUT2D eigenvalue weighted by Gasteiger charge is 2.31. The summed E-state index contributed by atoms with van der Waals surface area (Å²) < 4.78 is 0. The molecule has 1 aliphatic carbocycles. The molecule has 0 aromatic heterocycles. The summed E-state index contributed by atoms with van der Waals surface area (Å²) >= 11 is 0. The molecular weight excluding hydrogens is 134 g/mol. The van der Waals surface area contributed by atoms with Crippen molar-refractivity contribution in [3.8, 4) is 0 Å². The summed E-state index contributed by atoms with van der Waals surface area (Å²) in [6.07, 6.45) is 5.86. The lowest BCUT2D eigenvalue weighted by Crippen LogP contribution is -2.47. The van der Waals surface area contributed by atoms with E-state index in [4.69, 9.17) is 0 Å². The predicted molar refractivity (Wildman–Crippen MR) is 41.0 cm³/mol. The molecule has 1 N–H and O–H groups in total. The van der Waals surface area contributed by atoms with Crippen molar-refractivity contribution in [1.82, 2.24) is 5.32 Å². The van der Waals surface area contributed by atoms with E-state index in [-0.39, 0.29) is 12.4 Å². The van der Waals surface area contributed by atoms with Crippen LogP contribution in [0.5, 0.6) is 0 Å². The predicted octanol–water partition coefficient (Wildman–Crippen LogP) is 1.57. The van der Waals surface area contributed by atoms with Gasteiger partial charge in [-0.25, -0.2) is 0 Å². The van der Waals surface area contributed by atoms with Gasteiger partial charge in [-0.3, -0.25) is 0 Å². The minimum absolute atomic E-state index is 0. The SMILES string of the molecule is C1CN[C@@H]2CC[C@@H]2C1.Cl. The van der Waals surface area contributed by atoms with E-state index in [2.05, 4.69) is 5.32 Å². The van der Waals surface area contributed by atoms with Gasteiger partial charge in [0.15, 0.2) is 0 Å². The van der Waals surface area contributed by atoms with Crippen molar-refractivity contribution >= 4 is 12.4 Å². The highest BCUT2D eigenvalue weighted by atomic mass is 35.5. The average molecular weight is 148 g/mol. The molecule has 54 valence electrons. The minimum Gasteiger partial charge on any atom is -0.314 e. The number of fused-ring (bicyclic) bond motifs is 1. The Bertz CT molecular complexity index is 82.9. The molecule has 0 unspecified atom stereocenters. The highest BCUT2D eigenvalue weighted by molar-refractivity contribution is 5.85. The number of rotatable bonds is 0. The monoisotopic (exact) mass is 147 g/mol. The molecule has 1 saturated heterocycles. The highest BCUT2D eigenvalue weighted by Crippen LogP contribution is 2.33. The number of halogens is 1. The van der Waals surface area contributed by atoms with E-state index in [9.17, 15) is 0 Å². The number of nitrogens with one attached hydrogen (secondary N) is 1. The third kappa shape index (κ3) is 1.22. The molecule has 2 aliphatic rings. The van der Waals surface area contributed by atoms with Gasteiger partial charge in [-0.2, -0.15) is 0 Å². The molecule has 0 amide bonds. The van der Waals surface area contributed by atoms with Crippen LogP contribution < -0.4 is 5.32 Å². The third-order valence-corrected chi connectivity index (χ3v) is 2.58. The zero-order chi connectivity index (χ0) is 5.40. The van der Waals surface area contributed by atoms with Crippen LogP contribution in [-0.2, 0) is 0 Å². The zero-order valence-electron chi connectivity index (χ0n) is 5.60. The van der Waals surface area contributed by atoms with Crippen molar-refractivity contribution in [2.75, 3.05) is 6.54 Å². The summed E-state index contributed by atoms with van der Waals surface area (Å²) in [5, 5.41) is 3.52. The quantitative estimate of drug-likeness (QED) is 0.549. The lowest BCUT2D eigenvalue weighted by molar-refractivity contribution is 0.161. The summed E-state index contributed by atoms with van der Waals surface area (Å²) in [6, 6.07) is 0.934. The summed E-state index contributed by atoms with van der Waals surface area (Å²) in [4.78, 5) is 0. The Morgan fingerprint density at radius 1 is 1.11 bits per heavy atom. The molecule has 1 aliphatic heterocycles. The van der Waals surface area contributed by atoms with E-state index in [1.54, 1.807) is 0 Å². The maximum Gasteiger partial charge on any atom is 0.00954 e. The van der Waals surface area contributed by atoms with E-state index in [0.29, 0.717) is 0 Å². The second kappa shape index (κ2) is 2.89. The normalized spacial score (nSPS) is 40.0. The van der Waals surface area contributed by atoms with Gasteiger partial charge >= 0.3 is 0 Å². The van der Waals surface area contributed by atoms with Crippen molar-refractivity contribution in [2.45, 2.75) is 31.7 Å². The number of piperidine rings is 1. The van der Waals surface area contributed by atoms with Gasteiger partial charge in [-0.15, -0.1) is 12.4 Å². The summed E-state index contributed by atoms with van der Waals surface area (Å²) in [6.45, 7) is 1.28. The average Bonchev–Trinajstić information content (AvgIpc) is 1.72. The van der Waals surface area contributed by atoms with Crippen molar-refractivity contribution in [2.24, 2.45) is 5.92 Å². The Kier molecular flexibility index (Phi) is 2.36. The minimum atomic E-state index is 0. The first-order valence-electron chi connectivity index (χ1n) is 3.70. The Labute approximate surface area is 62.6 Å². The van der Waals surface area contributed by atoms with Crippen LogP contribution in [0.25, 0.3) is 0 Å². The largest absolute Gasteiger partial charge is 0.314 e. The van der Waals surface area contributed by atoms with Crippen LogP contribution in [0.2, 0.25) is 0 Å². The Morgan fingerprint density at radius 3 is 2.33 bits per heavy atom. The van der Waals surface area contributed by atoms with E-state index >= 15 is 0 Å². The van der Waals surface area contributed by atoms with Gasteiger partial charge in [-0.05, 0) is 38.1 Å². The molecule has 2 heteroatoms. The van der Waals surface area contributed by atoms with Crippen molar-refractivity contribution in [3.05, 3.63) is 0 Å². The van der Waals surface area contributed by atoms with Crippen LogP contribution in [0.4, 0.5) is 0 Å². The van der Waals surface area contributed by atoms with Crippen LogP contribution >= 0.6 is 12.4 Å². The van der Waals surface area contributed by atoms with Crippen LogP contribution in [0, 0.1) is 5.92 Å². The molecular formula is C7H14ClN. The number of hydrogen-bond donors (Lipinski definition) is 1. The summed E-state index contributed by atoms with van der Waals surface area (Å²) in [7, 11) is 0. The maximum absolute atomic E-state index is 3.52. The van der Waals surface area contributed by atoms with E-state index in [1.807, 2.05) is 0 Å². The topological polar surface area (TPSA) is 12.0 Å². The van der Waals surface area contributed by atoms with Crippen LogP contribution in [0.3, 0.4) is 0 Å². The van der Waals surface area contributed by atoms with Crippen LogP contribution in [-0.4, -0.2) is 12.6 Å². The van der Waals surface area contributed by atoms with Crippen LogP contribution in [0.1, 0.15) is 25.7 Å². The van der Waals surface area contributed by atoms with E-state index in [1.165, 1.54) is 32.2 Å².